The van der Waals surface area contributed by atoms with Crippen molar-refractivity contribution >= 4 is 5.97 Å². The lowest BCUT2D eigenvalue weighted by molar-refractivity contribution is -0.870. The van der Waals surface area contributed by atoms with Crippen LogP contribution in [0.5, 0.6) is 0 Å². The third-order valence-corrected chi connectivity index (χ3v) is 4.63. The molecule has 3 nitrogen and oxygen atoms in total. The van der Waals surface area contributed by atoms with E-state index in [0.717, 1.165) is 10.9 Å². The zero-order valence-corrected chi connectivity index (χ0v) is 19.3. The highest BCUT2D eigenvalue weighted by Gasteiger charge is 2.04. The zero-order valence-electron chi connectivity index (χ0n) is 17.7. The molecule has 0 aromatic carbocycles. The Morgan fingerprint density at radius 1 is 0.731 bits per heavy atom. The predicted octanol–water partition coefficient (Wildman–Crippen LogP) is 2.89. The Kier molecular flexibility index (Phi) is 20.8. The van der Waals surface area contributed by atoms with Crippen LogP contribution in [0.4, 0.5) is 0 Å². The molecule has 0 aliphatic heterocycles. The fraction of sp³-hybridized carbons (Fsp3) is 0.864. The summed E-state index contributed by atoms with van der Waals surface area (Å²) in [5.41, 5.74) is 0. The van der Waals surface area contributed by atoms with E-state index in [4.69, 9.17) is 4.74 Å². The molecule has 0 heterocycles. The van der Waals surface area contributed by atoms with E-state index < -0.39 is 0 Å². The molecular weight excluding hydrogens is 390 g/mol. The van der Waals surface area contributed by atoms with E-state index in [1.54, 1.807) is 0 Å². The molecule has 0 radical (unpaired) electrons. The number of unbranched alkanes of at least 4 members (excludes halogenated alkanes) is 13. The number of esters is 1. The van der Waals surface area contributed by atoms with Gasteiger partial charge in [0.25, 0.3) is 0 Å². The van der Waals surface area contributed by atoms with Crippen LogP contribution in [0.25, 0.3) is 0 Å². The minimum Gasteiger partial charge on any atom is -1.00 e. The molecule has 0 fully saturated rings. The molecule has 0 saturated carbocycles. The summed E-state index contributed by atoms with van der Waals surface area (Å²) in [4.78, 5) is 10.9. The molecule has 26 heavy (non-hydrogen) atoms. The van der Waals surface area contributed by atoms with Gasteiger partial charge in [-0.3, -0.25) is 0 Å². The van der Waals surface area contributed by atoms with Gasteiger partial charge in [0.2, 0.25) is 0 Å². The summed E-state index contributed by atoms with van der Waals surface area (Å²) in [6.45, 7) is 5.23. The fourth-order valence-corrected chi connectivity index (χ4v) is 3.04. The summed E-state index contributed by atoms with van der Waals surface area (Å²) < 4.78 is 6.06. The average Bonchev–Trinajstić information content (AvgIpc) is 2.56. The van der Waals surface area contributed by atoms with Crippen molar-refractivity contribution in [3.8, 4) is 0 Å². The van der Waals surface area contributed by atoms with Crippen molar-refractivity contribution in [3.05, 3.63) is 12.7 Å². The number of hydrogen-bond acceptors (Lipinski definition) is 2. The zero-order chi connectivity index (χ0) is 18.8. The fourth-order valence-electron chi connectivity index (χ4n) is 3.04. The van der Waals surface area contributed by atoms with Gasteiger partial charge < -0.3 is 26.2 Å². The molecule has 0 aliphatic rings. The molecule has 0 aromatic heterocycles. The monoisotopic (exact) mass is 433 g/mol. The number of quaternary nitrogens is 1. The third-order valence-electron chi connectivity index (χ3n) is 4.63. The highest BCUT2D eigenvalue weighted by molar-refractivity contribution is 5.81. The third kappa shape index (κ3) is 23.6. The van der Waals surface area contributed by atoms with Crippen LogP contribution >= 0.6 is 0 Å². The van der Waals surface area contributed by atoms with E-state index in [1.165, 1.54) is 96.1 Å². The molecule has 0 aliphatic carbocycles. The van der Waals surface area contributed by atoms with Gasteiger partial charge >= 0.3 is 5.97 Å². The van der Waals surface area contributed by atoms with E-state index in [0.29, 0.717) is 6.61 Å². The summed E-state index contributed by atoms with van der Waals surface area (Å²) in [5.74, 6) is -0.302. The van der Waals surface area contributed by atoms with Crippen LogP contribution in [-0.2, 0) is 9.53 Å². The maximum atomic E-state index is 10.9. The van der Waals surface area contributed by atoms with Crippen LogP contribution in [0.2, 0.25) is 0 Å². The molecule has 4 heteroatoms. The van der Waals surface area contributed by atoms with Crippen molar-refractivity contribution < 1.29 is 31.0 Å². The van der Waals surface area contributed by atoms with E-state index >= 15 is 0 Å². The van der Waals surface area contributed by atoms with Crippen molar-refractivity contribution in [2.45, 2.75) is 89.9 Å². The predicted molar refractivity (Wildman–Crippen MR) is 109 cm³/mol. The van der Waals surface area contributed by atoms with Gasteiger partial charge in [-0.05, 0) is 19.3 Å². The van der Waals surface area contributed by atoms with Crippen LogP contribution in [0, 0.1) is 0 Å². The smallest absolute Gasteiger partial charge is 0.330 e. The molecule has 0 spiro atoms. The van der Waals surface area contributed by atoms with Crippen LogP contribution in [0.15, 0.2) is 12.7 Å². The number of rotatable bonds is 18. The van der Waals surface area contributed by atoms with E-state index in [9.17, 15) is 4.79 Å². The molecular formula is C22H44BrNO2. The van der Waals surface area contributed by atoms with Crippen LogP contribution in [0.1, 0.15) is 89.9 Å². The summed E-state index contributed by atoms with van der Waals surface area (Å²) in [5, 5.41) is 0. The van der Waals surface area contributed by atoms with Gasteiger partial charge in [0.05, 0.1) is 34.3 Å². The van der Waals surface area contributed by atoms with Gasteiger partial charge in [-0.2, -0.15) is 0 Å². The second-order valence-electron chi connectivity index (χ2n) is 8.34. The first-order chi connectivity index (χ1) is 12.0. The molecule has 0 atom stereocenters. The lowest BCUT2D eigenvalue weighted by Crippen LogP contribution is -3.00. The van der Waals surface area contributed by atoms with Crippen LogP contribution < -0.4 is 17.0 Å². The van der Waals surface area contributed by atoms with Gasteiger partial charge in [-0.15, -0.1) is 0 Å². The Morgan fingerprint density at radius 3 is 1.42 bits per heavy atom. The number of halogens is 1. The lowest BCUT2D eigenvalue weighted by Gasteiger charge is -2.23. The molecule has 0 unspecified atom stereocenters. The normalized spacial score (nSPS) is 11.0. The topological polar surface area (TPSA) is 26.3 Å². The highest BCUT2D eigenvalue weighted by atomic mass is 79.9. The SMILES string of the molecule is C=CC(=O)OCCCCCCCCCCCCCCCC[N+](C)(C)C.[Br-]. The number of carbonyl (C=O) groups excluding carboxylic acids is 1. The van der Waals surface area contributed by atoms with Gasteiger partial charge in [-0.25, -0.2) is 4.79 Å². The lowest BCUT2D eigenvalue weighted by atomic mass is 10.0. The Bertz CT molecular complexity index is 327. The van der Waals surface area contributed by atoms with Crippen molar-refractivity contribution in [3.63, 3.8) is 0 Å². The molecule has 0 aromatic rings. The van der Waals surface area contributed by atoms with Crippen LogP contribution in [0.3, 0.4) is 0 Å². The maximum Gasteiger partial charge on any atom is 0.330 e. The second kappa shape index (κ2) is 19.4. The van der Waals surface area contributed by atoms with E-state index in [1.807, 2.05) is 0 Å². The second-order valence-corrected chi connectivity index (χ2v) is 8.34. The first-order valence-corrected chi connectivity index (χ1v) is 10.6. The minimum absolute atomic E-state index is 0. The number of ether oxygens (including phenoxy) is 1. The van der Waals surface area contributed by atoms with E-state index in [-0.39, 0.29) is 23.0 Å². The van der Waals surface area contributed by atoms with Crippen LogP contribution in [-0.4, -0.2) is 44.7 Å². The van der Waals surface area contributed by atoms with Crippen molar-refractivity contribution in [2.24, 2.45) is 0 Å². The largest absolute Gasteiger partial charge is 1.00 e. The molecule has 156 valence electrons. The Labute approximate surface area is 173 Å². The summed E-state index contributed by atoms with van der Waals surface area (Å²) in [6.07, 6.45) is 20.0. The average molecular weight is 435 g/mol. The quantitative estimate of drug-likeness (QED) is 0.144. The number of hydrogen-bond donors (Lipinski definition) is 0. The Balaban J connectivity index is 0. The van der Waals surface area contributed by atoms with Gasteiger partial charge in [0.15, 0.2) is 0 Å². The first-order valence-electron chi connectivity index (χ1n) is 10.6. The highest BCUT2D eigenvalue weighted by Crippen LogP contribution is 2.13. The summed E-state index contributed by atoms with van der Waals surface area (Å²) in [6, 6.07) is 0. The number of nitrogens with zero attached hydrogens (tertiary/aromatic N) is 1. The van der Waals surface area contributed by atoms with E-state index in [2.05, 4.69) is 27.7 Å². The van der Waals surface area contributed by atoms with Crippen molar-refractivity contribution in [2.75, 3.05) is 34.3 Å². The van der Waals surface area contributed by atoms with Gasteiger partial charge in [0, 0.05) is 6.08 Å². The molecule has 0 N–H and O–H groups in total. The standard InChI is InChI=1S/C22H44NO2.BrH/c1-5-22(24)25-21-19-17-15-13-11-9-7-6-8-10-12-14-16-18-20-23(2,3)4;/h5H,1,6-21H2,2-4H3;1H/q+1;/p-1. The molecule has 0 saturated heterocycles. The maximum absolute atomic E-state index is 10.9. The molecule has 0 bridgehead atoms. The van der Waals surface area contributed by atoms with Crippen molar-refractivity contribution in [1.29, 1.82) is 0 Å². The summed E-state index contributed by atoms with van der Waals surface area (Å²) >= 11 is 0. The Hall–Kier alpha value is -0.350. The van der Waals surface area contributed by atoms with Gasteiger partial charge in [0.1, 0.15) is 0 Å². The minimum atomic E-state index is -0.302. The first kappa shape index (κ1) is 27.9. The number of carbonyl (C=O) groups is 1. The molecule has 0 amide bonds. The van der Waals surface area contributed by atoms with Crippen molar-refractivity contribution in [1.82, 2.24) is 0 Å². The summed E-state index contributed by atoms with van der Waals surface area (Å²) in [7, 11) is 6.84. The van der Waals surface area contributed by atoms with Gasteiger partial charge in [-0.1, -0.05) is 77.2 Å². The Morgan fingerprint density at radius 2 is 1.08 bits per heavy atom. The molecule has 0 rings (SSSR count).